The van der Waals surface area contributed by atoms with E-state index >= 15 is 0 Å². The molecule has 1 aromatic carbocycles. The monoisotopic (exact) mass is 256 g/mol. The number of carbonyl (C=O) groups is 1. The Kier molecular flexibility index (Phi) is 3.05. The maximum Gasteiger partial charge on any atom is 0.224 e. The van der Waals surface area contributed by atoms with Gasteiger partial charge in [0.1, 0.15) is 0 Å². The van der Waals surface area contributed by atoms with Crippen molar-refractivity contribution in [1.82, 2.24) is 10.3 Å². The Morgan fingerprint density at radius 3 is 2.84 bits per heavy atom. The number of para-hydroxylation sites is 1. The smallest absolute Gasteiger partial charge is 0.224 e. The van der Waals surface area contributed by atoms with Gasteiger partial charge in [0, 0.05) is 22.6 Å². The van der Waals surface area contributed by atoms with E-state index in [-0.39, 0.29) is 11.4 Å². The Morgan fingerprint density at radius 2 is 2.16 bits per heavy atom. The largest absolute Gasteiger partial charge is 0.361 e. The summed E-state index contributed by atoms with van der Waals surface area (Å²) in [7, 11) is 0. The number of carbonyl (C=O) groups excluding carboxylic acids is 1. The third kappa shape index (κ3) is 2.25. The first kappa shape index (κ1) is 12.3. The molecule has 2 aromatic rings. The van der Waals surface area contributed by atoms with Gasteiger partial charge in [0.25, 0.3) is 0 Å². The molecule has 3 rings (SSSR count). The minimum atomic E-state index is 0.0865. The molecule has 1 amide bonds. The Hall–Kier alpha value is -1.77. The summed E-state index contributed by atoms with van der Waals surface area (Å²) in [6.07, 6.45) is 6.94. The summed E-state index contributed by atoms with van der Waals surface area (Å²) in [5.74, 6) is 0.145. The molecule has 1 saturated carbocycles. The van der Waals surface area contributed by atoms with Crippen molar-refractivity contribution < 1.29 is 4.79 Å². The highest BCUT2D eigenvalue weighted by Crippen LogP contribution is 2.34. The summed E-state index contributed by atoms with van der Waals surface area (Å²) < 4.78 is 0. The van der Waals surface area contributed by atoms with Crippen LogP contribution in [0, 0.1) is 0 Å². The normalized spacial score (nSPS) is 17.1. The second kappa shape index (κ2) is 4.72. The predicted octanol–water partition coefficient (Wildman–Crippen LogP) is 3.16. The SMILES string of the molecule is CCC1(NC(=O)Cc2c[nH]c3ccccc23)CCC1. The first-order valence-electron chi connectivity index (χ1n) is 7.08. The molecule has 0 aliphatic heterocycles. The molecule has 0 spiro atoms. The minimum Gasteiger partial charge on any atom is -0.361 e. The molecule has 1 aliphatic carbocycles. The first-order valence-corrected chi connectivity index (χ1v) is 7.08. The van der Waals surface area contributed by atoms with Crippen molar-refractivity contribution in [3.8, 4) is 0 Å². The van der Waals surface area contributed by atoms with Gasteiger partial charge in [-0.1, -0.05) is 25.1 Å². The molecule has 3 nitrogen and oxygen atoms in total. The first-order chi connectivity index (χ1) is 9.22. The fourth-order valence-electron chi connectivity index (χ4n) is 2.96. The Balaban J connectivity index is 1.72. The van der Waals surface area contributed by atoms with Crippen LogP contribution in [0.15, 0.2) is 30.5 Å². The van der Waals surface area contributed by atoms with E-state index in [4.69, 9.17) is 0 Å². The van der Waals surface area contributed by atoms with Crippen LogP contribution >= 0.6 is 0 Å². The Labute approximate surface area is 113 Å². The lowest BCUT2D eigenvalue weighted by molar-refractivity contribution is -0.123. The van der Waals surface area contributed by atoms with Crippen molar-refractivity contribution in [1.29, 1.82) is 0 Å². The Morgan fingerprint density at radius 1 is 1.37 bits per heavy atom. The molecule has 0 bridgehead atoms. The summed E-state index contributed by atoms with van der Waals surface area (Å²) in [4.78, 5) is 15.4. The highest BCUT2D eigenvalue weighted by Gasteiger charge is 2.36. The van der Waals surface area contributed by atoms with Gasteiger partial charge in [0.05, 0.1) is 6.42 Å². The van der Waals surface area contributed by atoms with E-state index < -0.39 is 0 Å². The molecule has 1 heterocycles. The van der Waals surface area contributed by atoms with Gasteiger partial charge in [0.15, 0.2) is 0 Å². The van der Waals surface area contributed by atoms with E-state index in [2.05, 4.69) is 23.3 Å². The number of amides is 1. The van der Waals surface area contributed by atoms with E-state index in [1.807, 2.05) is 24.4 Å². The van der Waals surface area contributed by atoms with Crippen LogP contribution in [-0.4, -0.2) is 16.4 Å². The number of hydrogen-bond donors (Lipinski definition) is 2. The van der Waals surface area contributed by atoms with E-state index in [1.54, 1.807) is 0 Å². The number of rotatable bonds is 4. The average molecular weight is 256 g/mol. The second-order valence-corrected chi connectivity index (χ2v) is 5.57. The fraction of sp³-hybridized carbons (Fsp3) is 0.438. The van der Waals surface area contributed by atoms with Crippen LogP contribution < -0.4 is 5.32 Å². The lowest BCUT2D eigenvalue weighted by atomic mass is 9.75. The number of aromatic amines is 1. The molecule has 0 unspecified atom stereocenters. The summed E-state index contributed by atoms with van der Waals surface area (Å²) in [5, 5.41) is 4.38. The zero-order valence-electron chi connectivity index (χ0n) is 11.3. The van der Waals surface area contributed by atoms with Crippen molar-refractivity contribution in [2.45, 2.75) is 44.6 Å². The number of aromatic nitrogens is 1. The topological polar surface area (TPSA) is 44.9 Å². The van der Waals surface area contributed by atoms with Crippen molar-refractivity contribution in [3.63, 3.8) is 0 Å². The van der Waals surface area contributed by atoms with Gasteiger partial charge in [-0.25, -0.2) is 0 Å². The second-order valence-electron chi connectivity index (χ2n) is 5.57. The number of benzene rings is 1. The van der Waals surface area contributed by atoms with Gasteiger partial charge < -0.3 is 10.3 Å². The van der Waals surface area contributed by atoms with E-state index in [0.29, 0.717) is 6.42 Å². The van der Waals surface area contributed by atoms with Crippen molar-refractivity contribution in [3.05, 3.63) is 36.0 Å². The molecular formula is C16H20N2O. The van der Waals surface area contributed by atoms with Gasteiger partial charge >= 0.3 is 0 Å². The number of hydrogen-bond acceptors (Lipinski definition) is 1. The van der Waals surface area contributed by atoms with Crippen LogP contribution in [0.2, 0.25) is 0 Å². The van der Waals surface area contributed by atoms with Crippen molar-refractivity contribution in [2.75, 3.05) is 0 Å². The molecule has 2 N–H and O–H groups in total. The van der Waals surface area contributed by atoms with Crippen LogP contribution in [0.3, 0.4) is 0 Å². The molecule has 1 aliphatic rings. The quantitative estimate of drug-likeness (QED) is 0.867. The summed E-state index contributed by atoms with van der Waals surface area (Å²) in [5.41, 5.74) is 2.27. The standard InChI is InChI=1S/C16H20N2O/c1-2-16(8-5-9-16)18-15(19)10-12-11-17-14-7-4-3-6-13(12)14/h3-4,6-7,11,17H,2,5,8-10H2,1H3,(H,18,19). The molecule has 1 aromatic heterocycles. The Bertz CT molecular complexity index is 590. The van der Waals surface area contributed by atoms with E-state index in [1.165, 1.54) is 6.42 Å². The van der Waals surface area contributed by atoms with Crippen LogP contribution in [-0.2, 0) is 11.2 Å². The third-order valence-electron chi connectivity index (χ3n) is 4.42. The van der Waals surface area contributed by atoms with Crippen molar-refractivity contribution in [2.24, 2.45) is 0 Å². The molecule has 19 heavy (non-hydrogen) atoms. The molecule has 3 heteroatoms. The molecular weight excluding hydrogens is 236 g/mol. The van der Waals surface area contributed by atoms with E-state index in [0.717, 1.165) is 35.7 Å². The van der Waals surface area contributed by atoms with Crippen LogP contribution in [0.25, 0.3) is 10.9 Å². The highest BCUT2D eigenvalue weighted by atomic mass is 16.1. The third-order valence-corrected chi connectivity index (χ3v) is 4.42. The van der Waals surface area contributed by atoms with Gasteiger partial charge in [-0.05, 0) is 37.3 Å². The van der Waals surface area contributed by atoms with Gasteiger partial charge in [-0.2, -0.15) is 0 Å². The summed E-state index contributed by atoms with van der Waals surface area (Å²) >= 11 is 0. The highest BCUT2D eigenvalue weighted by molar-refractivity contribution is 5.89. The van der Waals surface area contributed by atoms with Crippen LogP contribution in [0.4, 0.5) is 0 Å². The average Bonchev–Trinajstić information content (AvgIpc) is 2.78. The molecule has 100 valence electrons. The maximum absolute atomic E-state index is 12.2. The lowest BCUT2D eigenvalue weighted by Crippen LogP contribution is -2.53. The van der Waals surface area contributed by atoms with Gasteiger partial charge in [-0.3, -0.25) is 4.79 Å². The minimum absolute atomic E-state index is 0.0865. The molecule has 0 saturated heterocycles. The van der Waals surface area contributed by atoms with Crippen molar-refractivity contribution >= 4 is 16.8 Å². The van der Waals surface area contributed by atoms with E-state index in [9.17, 15) is 4.79 Å². The molecule has 0 atom stereocenters. The van der Waals surface area contributed by atoms with Gasteiger partial charge in [0.2, 0.25) is 5.91 Å². The molecule has 1 fully saturated rings. The fourth-order valence-corrected chi connectivity index (χ4v) is 2.96. The number of H-pyrrole nitrogens is 1. The lowest BCUT2D eigenvalue weighted by Gasteiger charge is -2.42. The van der Waals surface area contributed by atoms with Crippen LogP contribution in [0.1, 0.15) is 38.2 Å². The zero-order valence-corrected chi connectivity index (χ0v) is 11.3. The van der Waals surface area contributed by atoms with Crippen LogP contribution in [0.5, 0.6) is 0 Å². The molecule has 0 radical (unpaired) electrons. The van der Waals surface area contributed by atoms with Gasteiger partial charge in [-0.15, -0.1) is 0 Å². The summed E-state index contributed by atoms with van der Waals surface area (Å²) in [6.45, 7) is 2.16. The maximum atomic E-state index is 12.2. The zero-order chi connectivity index (χ0) is 13.3. The number of fused-ring (bicyclic) bond motifs is 1. The number of nitrogens with one attached hydrogen (secondary N) is 2. The summed E-state index contributed by atoms with van der Waals surface area (Å²) in [6, 6.07) is 8.11. The predicted molar refractivity (Wildman–Crippen MR) is 77.0 cm³/mol.